The van der Waals surface area contributed by atoms with Crippen LogP contribution < -0.4 is 20.3 Å². The van der Waals surface area contributed by atoms with Gasteiger partial charge in [0.25, 0.3) is 0 Å². The van der Waals surface area contributed by atoms with Crippen molar-refractivity contribution >= 4 is 63.1 Å². The molecular formula is C25H24Cl2F3N9O. The number of hydrogen-bond donors (Lipinski definition) is 3. The molecule has 15 heteroatoms. The molecule has 1 fully saturated rings. The maximum atomic E-state index is 13.8. The van der Waals surface area contributed by atoms with E-state index in [0.717, 1.165) is 31.4 Å². The number of nitrogens with zero attached hydrogens (tertiary/aromatic N) is 6. The Kier molecular flexibility index (Phi) is 7.62. The van der Waals surface area contributed by atoms with Crippen LogP contribution in [0.4, 0.5) is 30.5 Å². The van der Waals surface area contributed by atoms with Gasteiger partial charge in [-0.25, -0.2) is 9.98 Å². The summed E-state index contributed by atoms with van der Waals surface area (Å²) in [6, 6.07) is 3.88. The summed E-state index contributed by atoms with van der Waals surface area (Å²) in [5.74, 6) is 0.388. The van der Waals surface area contributed by atoms with E-state index in [9.17, 15) is 13.2 Å². The van der Waals surface area contributed by atoms with E-state index in [1.807, 2.05) is 11.9 Å². The van der Waals surface area contributed by atoms with E-state index in [4.69, 9.17) is 33.3 Å². The summed E-state index contributed by atoms with van der Waals surface area (Å²) in [6.07, 6.45) is 0.739. The van der Waals surface area contributed by atoms with Crippen LogP contribution in [0.3, 0.4) is 0 Å². The summed E-state index contributed by atoms with van der Waals surface area (Å²) in [5.41, 5.74) is 0.808. The number of halogens is 5. The van der Waals surface area contributed by atoms with E-state index < -0.39 is 11.7 Å². The van der Waals surface area contributed by atoms with Gasteiger partial charge >= 0.3 is 6.18 Å². The predicted octanol–water partition coefficient (Wildman–Crippen LogP) is 5.09. The number of nitrogens with one attached hydrogen (secondary N) is 3. The van der Waals surface area contributed by atoms with Gasteiger partial charge in [0.15, 0.2) is 22.3 Å². The minimum Gasteiger partial charge on any atom is -0.450 e. The van der Waals surface area contributed by atoms with Gasteiger partial charge in [-0.15, -0.1) is 0 Å². The highest BCUT2D eigenvalue weighted by Gasteiger charge is 2.32. The van der Waals surface area contributed by atoms with Crippen LogP contribution in [-0.4, -0.2) is 64.0 Å². The van der Waals surface area contributed by atoms with Gasteiger partial charge in [0, 0.05) is 57.0 Å². The number of ether oxygens (including phenoxy) is 1. The van der Waals surface area contributed by atoms with Gasteiger partial charge in [-0.1, -0.05) is 23.2 Å². The molecule has 0 unspecified atom stereocenters. The molecule has 1 aromatic carbocycles. The fraction of sp³-hybridized carbons (Fsp3) is 0.280. The summed E-state index contributed by atoms with van der Waals surface area (Å²) in [4.78, 5) is 16.8. The molecule has 0 aliphatic carbocycles. The number of aromatic nitrogens is 3. The fourth-order valence-electron chi connectivity index (χ4n) is 4.31. The lowest BCUT2D eigenvalue weighted by Crippen LogP contribution is -2.44. The quantitative estimate of drug-likeness (QED) is 0.270. The van der Waals surface area contributed by atoms with Crippen LogP contribution in [-0.2, 0) is 13.2 Å². The van der Waals surface area contributed by atoms with Gasteiger partial charge in [-0.3, -0.25) is 0 Å². The van der Waals surface area contributed by atoms with Crippen LogP contribution in [0.1, 0.15) is 5.56 Å². The number of piperazine rings is 1. The van der Waals surface area contributed by atoms with Crippen molar-refractivity contribution in [1.29, 1.82) is 5.41 Å². The normalized spacial score (nSPS) is 17.5. The molecule has 1 saturated heterocycles. The third kappa shape index (κ3) is 5.58. The lowest BCUT2D eigenvalue weighted by atomic mass is 10.1. The van der Waals surface area contributed by atoms with Crippen molar-refractivity contribution in [3.8, 4) is 5.75 Å². The Balaban J connectivity index is 1.48. The van der Waals surface area contributed by atoms with Crippen molar-refractivity contribution in [3.05, 3.63) is 58.8 Å². The molecule has 0 bridgehead atoms. The zero-order valence-electron chi connectivity index (χ0n) is 21.4. The maximum Gasteiger partial charge on any atom is 0.416 e. The maximum absolute atomic E-state index is 13.8. The minimum absolute atomic E-state index is 0.0436. The number of allylic oxidation sites excluding steroid dienone is 2. The number of imidazole rings is 1. The van der Waals surface area contributed by atoms with Crippen molar-refractivity contribution in [3.63, 3.8) is 0 Å². The van der Waals surface area contributed by atoms with Crippen LogP contribution in [0.2, 0.25) is 5.02 Å². The van der Waals surface area contributed by atoms with Crippen molar-refractivity contribution in [2.45, 2.75) is 6.18 Å². The number of pyridine rings is 1. The average molecular weight is 594 g/mol. The van der Waals surface area contributed by atoms with E-state index in [2.05, 4.69) is 30.5 Å². The molecule has 3 N–H and O–H groups in total. The Morgan fingerprint density at radius 2 is 1.90 bits per heavy atom. The molecule has 0 saturated carbocycles. The van der Waals surface area contributed by atoms with Crippen molar-refractivity contribution < 1.29 is 17.9 Å². The Morgan fingerprint density at radius 3 is 2.58 bits per heavy atom. The highest BCUT2D eigenvalue weighted by Crippen LogP contribution is 2.37. The second-order valence-corrected chi connectivity index (χ2v) is 9.89. The van der Waals surface area contributed by atoms with Crippen LogP contribution in [0, 0.1) is 5.41 Å². The number of aliphatic imine (C=N–C) groups is 1. The van der Waals surface area contributed by atoms with Gasteiger partial charge in [0.05, 0.1) is 18.0 Å². The summed E-state index contributed by atoms with van der Waals surface area (Å²) < 4.78 is 48.8. The number of anilines is 3. The largest absolute Gasteiger partial charge is 0.450 e. The SMILES string of the molecule is CN1CCN(c2cc(Nc3nc4ncc(O/C(C=N)=C5/NC=CN=C5Cl)c(Cl)c4n3C)cc(C(F)(F)F)c2)CC1. The molecule has 0 spiro atoms. The van der Waals surface area contributed by atoms with Gasteiger partial charge < -0.3 is 35.1 Å². The predicted molar refractivity (Wildman–Crippen MR) is 150 cm³/mol. The van der Waals surface area contributed by atoms with E-state index in [1.165, 1.54) is 18.6 Å². The van der Waals surface area contributed by atoms with Gasteiger partial charge in [0.2, 0.25) is 5.95 Å². The molecule has 40 heavy (non-hydrogen) atoms. The second-order valence-electron chi connectivity index (χ2n) is 9.15. The highest BCUT2D eigenvalue weighted by atomic mass is 35.5. The fourth-order valence-corrected chi connectivity index (χ4v) is 4.81. The number of benzene rings is 1. The van der Waals surface area contributed by atoms with E-state index in [1.54, 1.807) is 17.7 Å². The van der Waals surface area contributed by atoms with E-state index in [0.29, 0.717) is 24.3 Å². The summed E-state index contributed by atoms with van der Waals surface area (Å²) in [7, 11) is 3.63. The molecule has 0 amide bonds. The zero-order chi connectivity index (χ0) is 28.6. The molecule has 0 atom stereocenters. The van der Waals surface area contributed by atoms with Crippen LogP contribution in [0.5, 0.6) is 5.75 Å². The Hall–Kier alpha value is -3.81. The molecule has 10 nitrogen and oxygen atoms in total. The molecule has 4 heterocycles. The molecule has 2 aromatic heterocycles. The molecule has 5 rings (SSSR count). The number of fused-ring (bicyclic) bond motifs is 1. The summed E-state index contributed by atoms with van der Waals surface area (Å²) in [6.45, 7) is 2.73. The van der Waals surface area contributed by atoms with Crippen LogP contribution >= 0.6 is 23.2 Å². The molecule has 3 aromatic rings. The number of aryl methyl sites for hydroxylation is 1. The second kappa shape index (κ2) is 11.0. The van der Waals surface area contributed by atoms with E-state index in [-0.39, 0.29) is 44.7 Å². The van der Waals surface area contributed by atoms with Crippen LogP contribution in [0.25, 0.3) is 11.2 Å². The zero-order valence-corrected chi connectivity index (χ0v) is 22.9. The Bertz CT molecular complexity index is 1560. The first-order chi connectivity index (χ1) is 19.0. The molecule has 0 radical (unpaired) electrons. The lowest BCUT2D eigenvalue weighted by Gasteiger charge is -2.34. The first-order valence-corrected chi connectivity index (χ1v) is 12.8. The monoisotopic (exact) mass is 593 g/mol. The summed E-state index contributed by atoms with van der Waals surface area (Å²) in [5, 5.41) is 13.8. The van der Waals surface area contributed by atoms with Gasteiger partial charge in [-0.05, 0) is 25.2 Å². The third-order valence-electron chi connectivity index (χ3n) is 6.47. The smallest absolute Gasteiger partial charge is 0.416 e. The van der Waals surface area contributed by atoms with Crippen molar-refractivity contribution in [2.24, 2.45) is 12.0 Å². The van der Waals surface area contributed by atoms with Crippen LogP contribution in [0.15, 0.2) is 53.2 Å². The molecule has 2 aliphatic rings. The Labute approximate surface area is 237 Å². The molecule has 2 aliphatic heterocycles. The standard InChI is InChI=1S/C25H24Cl2F3N9O/c1-37-5-7-39(8-6-37)16-10-14(25(28,29)30)9-15(11-16)35-24-36-23-21(38(24)2)19(26)18(13-34-23)40-17(12-31)20-22(27)33-4-3-32-20/h3-4,9-13,31-32H,5-8H2,1-2H3,(H,34,35,36)/b20-17+,31-12?. The third-order valence-corrected chi connectivity index (χ3v) is 7.12. The van der Waals surface area contributed by atoms with Crippen molar-refractivity contribution in [1.82, 2.24) is 24.8 Å². The average Bonchev–Trinajstić information content (AvgIpc) is 3.24. The number of alkyl halides is 3. The molecule has 210 valence electrons. The molecular weight excluding hydrogens is 570 g/mol. The van der Waals surface area contributed by atoms with Gasteiger partial charge in [-0.2, -0.15) is 18.2 Å². The topological polar surface area (TPSA) is 107 Å². The number of rotatable bonds is 6. The number of likely N-dealkylation sites (N-methyl/N-ethyl adjacent to an activating group) is 1. The minimum atomic E-state index is -4.53. The number of hydrogen-bond acceptors (Lipinski definition) is 9. The Morgan fingerprint density at radius 1 is 1.15 bits per heavy atom. The highest BCUT2D eigenvalue weighted by molar-refractivity contribution is 6.69. The summed E-state index contributed by atoms with van der Waals surface area (Å²) >= 11 is 12.8. The lowest BCUT2D eigenvalue weighted by molar-refractivity contribution is -0.137. The first kappa shape index (κ1) is 27.7. The first-order valence-electron chi connectivity index (χ1n) is 12.1. The van der Waals surface area contributed by atoms with E-state index >= 15 is 0 Å². The van der Waals surface area contributed by atoms with Gasteiger partial charge in [0.1, 0.15) is 16.2 Å². The van der Waals surface area contributed by atoms with Crippen molar-refractivity contribution in [2.75, 3.05) is 43.4 Å².